The number of carbonyl (C=O) groups excluding carboxylic acids is 1. The van der Waals surface area contributed by atoms with Gasteiger partial charge in [0.2, 0.25) is 0 Å². The zero-order valence-corrected chi connectivity index (χ0v) is 11.2. The molecule has 0 atom stereocenters. The molecule has 0 aliphatic carbocycles. The summed E-state index contributed by atoms with van der Waals surface area (Å²) < 4.78 is 0. The number of carbonyl (C=O) groups is 1. The van der Waals surface area contributed by atoms with Crippen LogP contribution in [0.1, 0.15) is 48.0 Å². The molecule has 0 spiro atoms. The van der Waals surface area contributed by atoms with E-state index in [1.54, 1.807) is 0 Å². The summed E-state index contributed by atoms with van der Waals surface area (Å²) in [4.78, 5) is 13.9. The molecule has 0 aliphatic rings. The molecule has 0 heterocycles. The zero-order chi connectivity index (χ0) is 12.0. The minimum absolute atomic E-state index is 0.158. The molecule has 0 N–H and O–H groups in total. The van der Waals surface area contributed by atoms with E-state index in [1.807, 2.05) is 13.8 Å². The highest BCUT2D eigenvalue weighted by Gasteiger charge is 2.16. The van der Waals surface area contributed by atoms with Gasteiger partial charge in [0.25, 0.3) is 0 Å². The third-order valence-electron chi connectivity index (χ3n) is 2.73. The fraction of sp³-hybridized carbons (Fsp3) is 0.923. The van der Waals surface area contributed by atoms with Gasteiger partial charge in [-0.15, -0.1) is 0 Å². The summed E-state index contributed by atoms with van der Waals surface area (Å²) in [7, 11) is 0. The van der Waals surface area contributed by atoms with Crippen molar-refractivity contribution in [3.63, 3.8) is 0 Å². The van der Waals surface area contributed by atoms with E-state index in [0.29, 0.717) is 24.3 Å². The molecule has 0 radical (unpaired) electrons. The van der Waals surface area contributed by atoms with Crippen molar-refractivity contribution in [2.45, 2.75) is 54.0 Å². The first-order valence-corrected chi connectivity index (χ1v) is 6.11. The van der Waals surface area contributed by atoms with Crippen LogP contribution >= 0.6 is 0 Å². The molecule has 0 rings (SSSR count). The first-order chi connectivity index (χ1) is 6.84. The molecule has 0 unspecified atom stereocenters. The molecule has 0 amide bonds. The van der Waals surface area contributed by atoms with Crippen LogP contribution in [0.15, 0.2) is 0 Å². The highest BCUT2D eigenvalue weighted by molar-refractivity contribution is 5.82. The molecule has 2 heteroatoms. The second-order valence-corrected chi connectivity index (χ2v) is 5.37. The smallest absolute Gasteiger partial charge is 0.149 e. The second-order valence-electron chi connectivity index (χ2n) is 5.37. The van der Waals surface area contributed by atoms with Crippen molar-refractivity contribution in [1.82, 2.24) is 4.90 Å². The van der Waals surface area contributed by atoms with Crippen LogP contribution in [0.4, 0.5) is 0 Å². The largest absolute Gasteiger partial charge is 0.298 e. The minimum atomic E-state index is 0.158. The van der Waals surface area contributed by atoms with Crippen LogP contribution in [0.5, 0.6) is 0 Å². The second kappa shape index (κ2) is 7.00. The topological polar surface area (TPSA) is 20.3 Å². The Balaban J connectivity index is 4.10. The fourth-order valence-electron chi connectivity index (χ4n) is 1.33. The van der Waals surface area contributed by atoms with Gasteiger partial charge in [0, 0.05) is 12.0 Å². The zero-order valence-electron chi connectivity index (χ0n) is 11.2. The lowest BCUT2D eigenvalue weighted by atomic mass is 10.1. The fourth-order valence-corrected chi connectivity index (χ4v) is 1.33. The Morgan fingerprint density at radius 1 is 1.07 bits per heavy atom. The number of ketones is 1. The summed E-state index contributed by atoms with van der Waals surface area (Å²) in [6.45, 7) is 14.4. The van der Waals surface area contributed by atoms with Gasteiger partial charge in [-0.2, -0.15) is 0 Å². The van der Waals surface area contributed by atoms with Crippen LogP contribution in [0, 0.1) is 11.8 Å². The van der Waals surface area contributed by atoms with Crippen LogP contribution in [-0.2, 0) is 4.79 Å². The first-order valence-electron chi connectivity index (χ1n) is 6.11. The number of rotatable bonds is 7. The van der Waals surface area contributed by atoms with E-state index in [4.69, 9.17) is 0 Å². The van der Waals surface area contributed by atoms with Crippen molar-refractivity contribution in [2.24, 2.45) is 11.8 Å². The van der Waals surface area contributed by atoms with Crippen molar-refractivity contribution in [1.29, 1.82) is 0 Å². The minimum Gasteiger partial charge on any atom is -0.298 e. The average molecular weight is 213 g/mol. The molecule has 0 aromatic heterocycles. The maximum atomic E-state index is 11.7. The van der Waals surface area contributed by atoms with Gasteiger partial charge in [-0.25, -0.2) is 0 Å². The summed E-state index contributed by atoms with van der Waals surface area (Å²) in [5, 5.41) is 0. The Bertz CT molecular complexity index is 185. The molecule has 0 aromatic carbocycles. The molecular weight excluding hydrogens is 186 g/mol. The number of hydrogen-bond acceptors (Lipinski definition) is 2. The third-order valence-corrected chi connectivity index (χ3v) is 2.73. The summed E-state index contributed by atoms with van der Waals surface area (Å²) in [6.07, 6.45) is 1.17. The molecular formula is C13H27NO. The van der Waals surface area contributed by atoms with Gasteiger partial charge in [0.15, 0.2) is 0 Å². The summed E-state index contributed by atoms with van der Waals surface area (Å²) in [5.74, 6) is 1.22. The first kappa shape index (κ1) is 14.6. The van der Waals surface area contributed by atoms with Crippen LogP contribution in [0.2, 0.25) is 0 Å². The molecule has 0 bridgehead atoms. The molecule has 0 aromatic rings. The van der Waals surface area contributed by atoms with Gasteiger partial charge in [-0.1, -0.05) is 27.7 Å². The van der Waals surface area contributed by atoms with Gasteiger partial charge in [0.1, 0.15) is 5.78 Å². The molecule has 15 heavy (non-hydrogen) atoms. The van der Waals surface area contributed by atoms with E-state index >= 15 is 0 Å². The van der Waals surface area contributed by atoms with E-state index in [2.05, 4.69) is 32.6 Å². The summed E-state index contributed by atoms with van der Waals surface area (Å²) >= 11 is 0. The quantitative estimate of drug-likeness (QED) is 0.648. The lowest BCUT2D eigenvalue weighted by Gasteiger charge is -2.27. The van der Waals surface area contributed by atoms with Crippen LogP contribution in [-0.4, -0.2) is 29.8 Å². The Morgan fingerprint density at radius 3 is 1.93 bits per heavy atom. The Kier molecular flexibility index (Phi) is 6.82. The van der Waals surface area contributed by atoms with Gasteiger partial charge in [-0.3, -0.25) is 9.69 Å². The SMILES string of the molecule is CC(C)CCN(CC(=O)C(C)C)C(C)C. The number of Topliss-reactive ketones (excluding diaryl/α,β-unsaturated/α-hetero) is 1. The van der Waals surface area contributed by atoms with E-state index in [9.17, 15) is 4.79 Å². The summed E-state index contributed by atoms with van der Waals surface area (Å²) in [6, 6.07) is 0.464. The van der Waals surface area contributed by atoms with Gasteiger partial charge in [-0.05, 0) is 32.7 Å². The normalized spacial score (nSPS) is 12.1. The maximum Gasteiger partial charge on any atom is 0.149 e. The van der Waals surface area contributed by atoms with Gasteiger partial charge < -0.3 is 0 Å². The van der Waals surface area contributed by atoms with Gasteiger partial charge >= 0.3 is 0 Å². The van der Waals surface area contributed by atoms with E-state index in [1.165, 1.54) is 6.42 Å². The van der Waals surface area contributed by atoms with Crippen molar-refractivity contribution in [2.75, 3.05) is 13.1 Å². The van der Waals surface area contributed by atoms with Crippen molar-refractivity contribution < 1.29 is 4.79 Å². The van der Waals surface area contributed by atoms with Crippen molar-refractivity contribution in [3.05, 3.63) is 0 Å². The number of nitrogens with zero attached hydrogens (tertiary/aromatic N) is 1. The van der Waals surface area contributed by atoms with Crippen molar-refractivity contribution in [3.8, 4) is 0 Å². The predicted octanol–water partition coefficient (Wildman–Crippen LogP) is 2.97. The monoisotopic (exact) mass is 213 g/mol. The lowest BCUT2D eigenvalue weighted by Crippen LogP contribution is -2.38. The average Bonchev–Trinajstić information content (AvgIpc) is 2.10. The van der Waals surface area contributed by atoms with E-state index < -0.39 is 0 Å². The van der Waals surface area contributed by atoms with Crippen molar-refractivity contribution >= 4 is 5.78 Å². The highest BCUT2D eigenvalue weighted by atomic mass is 16.1. The van der Waals surface area contributed by atoms with E-state index in [0.717, 1.165) is 6.54 Å². The lowest BCUT2D eigenvalue weighted by molar-refractivity contribution is -0.123. The maximum absolute atomic E-state index is 11.7. The van der Waals surface area contributed by atoms with Gasteiger partial charge in [0.05, 0.1) is 6.54 Å². The molecule has 0 saturated heterocycles. The highest BCUT2D eigenvalue weighted by Crippen LogP contribution is 2.07. The molecule has 2 nitrogen and oxygen atoms in total. The summed E-state index contributed by atoms with van der Waals surface area (Å²) in [5.41, 5.74) is 0. The Labute approximate surface area is 95.0 Å². The van der Waals surface area contributed by atoms with E-state index in [-0.39, 0.29) is 5.92 Å². The Morgan fingerprint density at radius 2 is 1.60 bits per heavy atom. The standard InChI is InChI=1S/C13H27NO/c1-10(2)7-8-14(12(5)6)9-13(15)11(3)4/h10-12H,7-9H2,1-6H3. The predicted molar refractivity (Wildman–Crippen MR) is 66.0 cm³/mol. The third kappa shape index (κ3) is 6.67. The molecule has 0 saturated carbocycles. The number of hydrogen-bond donors (Lipinski definition) is 0. The molecule has 0 fully saturated rings. The Hall–Kier alpha value is -0.370. The molecule has 90 valence electrons. The van der Waals surface area contributed by atoms with Crippen LogP contribution in [0.25, 0.3) is 0 Å². The van der Waals surface area contributed by atoms with Crippen LogP contribution < -0.4 is 0 Å². The van der Waals surface area contributed by atoms with Crippen LogP contribution in [0.3, 0.4) is 0 Å². The molecule has 0 aliphatic heterocycles.